The van der Waals surface area contributed by atoms with Gasteiger partial charge in [-0.3, -0.25) is 0 Å². The van der Waals surface area contributed by atoms with E-state index in [-0.39, 0.29) is 17.9 Å². The number of rotatable bonds is 6. The largest absolute Gasteiger partial charge is 0.479 e. The standard InChI is InChI=1S/C20H22F3N3O7/c1-9(19(29)30)32-18-16(17(28)14(8-27)33-20(18)3-2-4-31-20)26-7-13(24-25-26)10-5-11(21)15(23)12(22)6-10/h5-7,9,14,16-18,27-28H,2-4,8H2,1H3,(H,29,30)/t9?,14-,16+,17+,18-,20+/m1/s1. The van der Waals surface area contributed by atoms with Gasteiger partial charge >= 0.3 is 5.97 Å². The van der Waals surface area contributed by atoms with Crippen LogP contribution >= 0.6 is 0 Å². The second kappa shape index (κ2) is 8.99. The van der Waals surface area contributed by atoms with Crippen molar-refractivity contribution in [2.45, 2.75) is 56.0 Å². The summed E-state index contributed by atoms with van der Waals surface area (Å²) in [7, 11) is 0. The van der Waals surface area contributed by atoms with Crippen molar-refractivity contribution >= 4 is 5.97 Å². The van der Waals surface area contributed by atoms with E-state index in [9.17, 15) is 33.3 Å². The predicted molar refractivity (Wildman–Crippen MR) is 102 cm³/mol. The molecule has 2 saturated heterocycles. The van der Waals surface area contributed by atoms with E-state index in [1.54, 1.807) is 0 Å². The second-order valence-corrected chi connectivity index (χ2v) is 7.96. The molecule has 180 valence electrons. The zero-order valence-electron chi connectivity index (χ0n) is 17.4. The van der Waals surface area contributed by atoms with Gasteiger partial charge < -0.3 is 29.5 Å². The third kappa shape index (κ3) is 4.22. The Bertz CT molecular complexity index is 1010. The van der Waals surface area contributed by atoms with Gasteiger partial charge in [-0.2, -0.15) is 0 Å². The zero-order chi connectivity index (χ0) is 23.9. The highest BCUT2D eigenvalue weighted by Gasteiger charge is 2.59. The van der Waals surface area contributed by atoms with Gasteiger partial charge in [0.1, 0.15) is 30.0 Å². The minimum absolute atomic E-state index is 0.0431. The van der Waals surface area contributed by atoms with Gasteiger partial charge in [-0.15, -0.1) is 5.10 Å². The minimum Gasteiger partial charge on any atom is -0.479 e. The molecule has 6 atom stereocenters. The fourth-order valence-corrected chi connectivity index (χ4v) is 4.17. The van der Waals surface area contributed by atoms with Crippen LogP contribution in [0.2, 0.25) is 0 Å². The molecule has 0 saturated carbocycles. The number of carboxylic acid groups (broad SMARTS) is 1. The quantitative estimate of drug-likeness (QED) is 0.526. The Morgan fingerprint density at radius 3 is 2.64 bits per heavy atom. The first-order valence-electron chi connectivity index (χ1n) is 10.2. The highest BCUT2D eigenvalue weighted by atomic mass is 19.2. The molecule has 3 heterocycles. The van der Waals surface area contributed by atoms with Crippen molar-refractivity contribution in [3.05, 3.63) is 35.8 Å². The Hall–Kier alpha value is -2.58. The molecular weight excluding hydrogens is 451 g/mol. The second-order valence-electron chi connectivity index (χ2n) is 7.96. The van der Waals surface area contributed by atoms with E-state index in [1.165, 1.54) is 13.1 Å². The van der Waals surface area contributed by atoms with Gasteiger partial charge in [0.05, 0.1) is 19.4 Å². The first-order valence-corrected chi connectivity index (χ1v) is 10.2. The maximum atomic E-state index is 13.7. The Morgan fingerprint density at radius 2 is 2.06 bits per heavy atom. The van der Waals surface area contributed by atoms with Gasteiger partial charge in [0.25, 0.3) is 0 Å². The van der Waals surface area contributed by atoms with Crippen molar-refractivity contribution in [3.63, 3.8) is 0 Å². The van der Waals surface area contributed by atoms with Crippen LogP contribution in [0, 0.1) is 17.5 Å². The smallest absolute Gasteiger partial charge is 0.332 e. The predicted octanol–water partition coefficient (Wildman–Crippen LogP) is 1.02. The van der Waals surface area contributed by atoms with E-state index in [1.807, 2.05) is 0 Å². The summed E-state index contributed by atoms with van der Waals surface area (Å²) in [5.41, 5.74) is -0.153. The number of aromatic nitrogens is 3. The normalized spacial score (nSPS) is 30.6. The number of hydrogen-bond acceptors (Lipinski definition) is 8. The first kappa shape index (κ1) is 23.6. The molecule has 1 unspecified atom stereocenters. The van der Waals surface area contributed by atoms with Crippen LogP contribution in [0.15, 0.2) is 18.3 Å². The summed E-state index contributed by atoms with van der Waals surface area (Å²) in [4.78, 5) is 11.5. The maximum absolute atomic E-state index is 13.7. The molecule has 0 aliphatic carbocycles. The number of carbonyl (C=O) groups is 1. The molecule has 2 fully saturated rings. The lowest BCUT2D eigenvalue weighted by Crippen LogP contribution is -2.64. The molecule has 1 aromatic heterocycles. The fourth-order valence-electron chi connectivity index (χ4n) is 4.17. The Balaban J connectivity index is 1.76. The van der Waals surface area contributed by atoms with Crippen LogP contribution in [0.1, 0.15) is 25.8 Å². The van der Waals surface area contributed by atoms with Gasteiger partial charge in [-0.1, -0.05) is 5.21 Å². The summed E-state index contributed by atoms with van der Waals surface area (Å²) >= 11 is 0. The van der Waals surface area contributed by atoms with E-state index in [0.717, 1.165) is 16.8 Å². The van der Waals surface area contributed by atoms with E-state index >= 15 is 0 Å². The first-order chi connectivity index (χ1) is 15.7. The molecule has 2 aromatic rings. The van der Waals surface area contributed by atoms with Crippen molar-refractivity contribution in [3.8, 4) is 11.3 Å². The van der Waals surface area contributed by atoms with E-state index < -0.39 is 66.3 Å². The maximum Gasteiger partial charge on any atom is 0.332 e. The van der Waals surface area contributed by atoms with Gasteiger partial charge in [0, 0.05) is 12.0 Å². The van der Waals surface area contributed by atoms with E-state index in [4.69, 9.17) is 14.2 Å². The van der Waals surface area contributed by atoms with Crippen LogP contribution in [0.4, 0.5) is 13.2 Å². The average Bonchev–Trinajstić information content (AvgIpc) is 3.44. The third-order valence-electron chi connectivity index (χ3n) is 5.82. The van der Waals surface area contributed by atoms with Crippen molar-refractivity contribution < 1.29 is 47.5 Å². The highest BCUT2D eigenvalue weighted by Crippen LogP contribution is 2.45. The zero-order valence-corrected chi connectivity index (χ0v) is 17.4. The Labute approximate surface area is 185 Å². The van der Waals surface area contributed by atoms with Crippen molar-refractivity contribution in [2.24, 2.45) is 0 Å². The number of halogens is 3. The van der Waals surface area contributed by atoms with Gasteiger partial charge in [-0.05, 0) is 25.5 Å². The molecule has 13 heteroatoms. The van der Waals surface area contributed by atoms with Crippen molar-refractivity contribution in [1.29, 1.82) is 0 Å². The summed E-state index contributed by atoms with van der Waals surface area (Å²) in [5, 5.41) is 37.8. The average molecular weight is 473 g/mol. The van der Waals surface area contributed by atoms with Gasteiger partial charge in [0.15, 0.2) is 29.3 Å². The Morgan fingerprint density at radius 1 is 1.36 bits per heavy atom. The van der Waals surface area contributed by atoms with Crippen molar-refractivity contribution in [2.75, 3.05) is 13.2 Å². The number of carboxylic acids is 1. The summed E-state index contributed by atoms with van der Waals surface area (Å²) in [6.07, 6.45) is -2.99. The third-order valence-corrected chi connectivity index (χ3v) is 5.82. The monoisotopic (exact) mass is 473 g/mol. The van der Waals surface area contributed by atoms with Crippen molar-refractivity contribution in [1.82, 2.24) is 15.0 Å². The number of hydrogen-bond donors (Lipinski definition) is 3. The van der Waals surface area contributed by atoms with E-state index in [2.05, 4.69) is 10.3 Å². The summed E-state index contributed by atoms with van der Waals surface area (Å²) in [6.45, 7) is 0.988. The van der Waals surface area contributed by atoms with Crippen LogP contribution in [-0.2, 0) is 19.0 Å². The number of aliphatic hydroxyl groups is 2. The Kier molecular flexibility index (Phi) is 6.42. The lowest BCUT2D eigenvalue weighted by molar-refractivity contribution is -0.350. The molecule has 4 rings (SSSR count). The molecule has 3 N–H and O–H groups in total. The van der Waals surface area contributed by atoms with Crippen LogP contribution in [0.5, 0.6) is 0 Å². The fraction of sp³-hybridized carbons (Fsp3) is 0.550. The molecular formula is C20H22F3N3O7. The topological polar surface area (TPSA) is 136 Å². The molecule has 0 amide bonds. The number of ether oxygens (including phenoxy) is 3. The highest BCUT2D eigenvalue weighted by molar-refractivity contribution is 5.71. The van der Waals surface area contributed by atoms with Gasteiger partial charge in [0.2, 0.25) is 0 Å². The number of nitrogens with zero attached hydrogens (tertiary/aromatic N) is 3. The lowest BCUT2D eigenvalue weighted by Gasteiger charge is -2.49. The molecule has 1 spiro atoms. The van der Waals surface area contributed by atoms with Crippen LogP contribution in [0.3, 0.4) is 0 Å². The van der Waals surface area contributed by atoms with Crippen LogP contribution < -0.4 is 0 Å². The summed E-state index contributed by atoms with van der Waals surface area (Å²) in [5.74, 6) is -7.20. The summed E-state index contributed by atoms with van der Waals surface area (Å²) < 4.78 is 59.2. The van der Waals surface area contributed by atoms with Crippen LogP contribution in [-0.4, -0.2) is 79.7 Å². The SMILES string of the molecule is CC(O[C@@H]1[C@@H](n2cc(-c3cc(F)c(F)c(F)c3)nn2)[C@@H](O)[C@@H](CO)O[C@@]12CCCO2)C(=O)O. The molecule has 1 aromatic carbocycles. The van der Waals surface area contributed by atoms with Crippen LogP contribution in [0.25, 0.3) is 11.3 Å². The minimum atomic E-state index is -1.63. The molecule has 2 aliphatic rings. The lowest BCUT2D eigenvalue weighted by atomic mass is 9.88. The summed E-state index contributed by atoms with van der Waals surface area (Å²) in [6, 6.07) is 0.338. The molecule has 33 heavy (non-hydrogen) atoms. The molecule has 2 aliphatic heterocycles. The van der Waals surface area contributed by atoms with Gasteiger partial charge in [-0.25, -0.2) is 22.6 Å². The molecule has 10 nitrogen and oxygen atoms in total. The van der Waals surface area contributed by atoms with E-state index in [0.29, 0.717) is 12.8 Å². The number of aliphatic hydroxyl groups excluding tert-OH is 2. The molecule has 0 radical (unpaired) electrons. The number of aliphatic carboxylic acids is 1. The molecule has 0 bridgehead atoms. The number of benzene rings is 1.